The predicted molar refractivity (Wildman–Crippen MR) is 108 cm³/mol. The first-order valence-corrected chi connectivity index (χ1v) is 12.0. The Morgan fingerprint density at radius 1 is 0.600 bits per heavy atom. The molecule has 3 aromatic carbocycles. The molecule has 0 spiro atoms. The zero-order chi connectivity index (χ0) is 20.4. The molecule has 0 atom stereocenters. The van der Waals surface area contributed by atoms with Gasteiger partial charge in [-0.25, -0.2) is 0 Å². The first kappa shape index (κ1) is 17.8. The summed E-state index contributed by atoms with van der Waals surface area (Å²) in [6, 6.07) is 25.8. The Balaban J connectivity index is 1.61. The summed E-state index contributed by atoms with van der Waals surface area (Å²) >= 11 is -0.957. The number of hydrogen-bond donors (Lipinski definition) is 1. The summed E-state index contributed by atoms with van der Waals surface area (Å²) in [5.74, 6) is -1.47. The van der Waals surface area contributed by atoms with E-state index in [2.05, 4.69) is 12.1 Å². The number of halogens is 1. The highest BCUT2D eigenvalue weighted by atomic mass is 127. The predicted octanol–water partition coefficient (Wildman–Crippen LogP) is 1.45. The van der Waals surface area contributed by atoms with Crippen LogP contribution in [0.25, 0.3) is 0 Å². The van der Waals surface area contributed by atoms with Crippen molar-refractivity contribution in [2.45, 2.75) is 11.8 Å². The van der Waals surface area contributed by atoms with Gasteiger partial charge in [-0.2, -0.15) is 0 Å². The van der Waals surface area contributed by atoms with Crippen molar-refractivity contribution in [2.75, 3.05) is 0 Å². The average Bonchev–Trinajstić information content (AvgIpc) is 2.80. The second kappa shape index (κ2) is 6.51. The molecule has 7 rings (SSSR count). The summed E-state index contributed by atoms with van der Waals surface area (Å²) in [7, 11) is 0. The normalized spacial score (nSPS) is 21.5. The maximum Gasteiger partial charge on any atom is 0.366 e. The van der Waals surface area contributed by atoms with E-state index in [0.717, 1.165) is 25.8 Å². The quantitative estimate of drug-likeness (QED) is 0.328. The summed E-state index contributed by atoms with van der Waals surface area (Å²) in [5.41, 5.74) is 5.48. The van der Waals surface area contributed by atoms with Crippen LogP contribution in [0.1, 0.15) is 34.1 Å². The SMILES string of the molecule is O=C1C(=O)C2=C(C(O)=C1[I+]c1ccccc1)C1c3ccccc3C2c2ccccc21. The fourth-order valence-corrected chi connectivity index (χ4v) is 7.41. The van der Waals surface area contributed by atoms with Gasteiger partial charge < -0.3 is 5.11 Å². The van der Waals surface area contributed by atoms with Crippen molar-refractivity contribution in [1.82, 2.24) is 0 Å². The molecule has 2 bridgehead atoms. The van der Waals surface area contributed by atoms with Crippen LogP contribution in [0.2, 0.25) is 0 Å². The van der Waals surface area contributed by atoms with Crippen LogP contribution >= 0.6 is 0 Å². The van der Waals surface area contributed by atoms with Gasteiger partial charge in [0.25, 0.3) is 9.36 Å². The molecule has 4 aliphatic rings. The van der Waals surface area contributed by atoms with Crippen LogP contribution in [-0.2, 0) is 9.59 Å². The van der Waals surface area contributed by atoms with Gasteiger partial charge in [0.15, 0.2) is 9.33 Å². The molecule has 0 unspecified atom stereocenters. The first-order chi connectivity index (χ1) is 14.7. The van der Waals surface area contributed by atoms with E-state index < -0.39 is 32.8 Å². The van der Waals surface area contributed by atoms with Gasteiger partial charge in [-0.3, -0.25) is 9.59 Å². The molecule has 1 N–H and O–H groups in total. The summed E-state index contributed by atoms with van der Waals surface area (Å²) in [5, 5.41) is 11.4. The number of aliphatic hydroxyl groups excluding tert-OH is 1. The molecule has 0 aliphatic heterocycles. The third kappa shape index (κ3) is 2.31. The molecule has 0 fully saturated rings. The zero-order valence-corrected chi connectivity index (χ0v) is 18.0. The Labute approximate surface area is 184 Å². The van der Waals surface area contributed by atoms with Crippen LogP contribution in [-0.4, -0.2) is 16.7 Å². The lowest BCUT2D eigenvalue weighted by atomic mass is 9.59. The lowest BCUT2D eigenvalue weighted by Gasteiger charge is -2.43. The molecule has 144 valence electrons. The second-order valence-corrected chi connectivity index (χ2v) is 10.5. The first-order valence-electron chi connectivity index (χ1n) is 9.81. The number of Topliss-reactive ketones (excluding diaryl/α,β-unsaturated/α-hetero) is 2. The van der Waals surface area contributed by atoms with Gasteiger partial charge in [-0.15, -0.1) is 0 Å². The number of benzene rings is 3. The van der Waals surface area contributed by atoms with E-state index in [-0.39, 0.29) is 17.6 Å². The van der Waals surface area contributed by atoms with Crippen LogP contribution < -0.4 is 21.2 Å². The van der Waals surface area contributed by atoms with E-state index in [4.69, 9.17) is 0 Å². The van der Waals surface area contributed by atoms with Crippen molar-refractivity contribution in [3.8, 4) is 0 Å². The van der Waals surface area contributed by atoms with E-state index >= 15 is 0 Å². The van der Waals surface area contributed by atoms with Crippen molar-refractivity contribution in [3.63, 3.8) is 0 Å². The number of rotatable bonds is 2. The summed E-state index contributed by atoms with van der Waals surface area (Å²) in [4.78, 5) is 26.5. The second-order valence-electron chi connectivity index (χ2n) is 7.66. The monoisotopic (exact) mass is 503 g/mol. The number of hydrogen-bond acceptors (Lipinski definition) is 3. The minimum absolute atomic E-state index is 0.0326. The van der Waals surface area contributed by atoms with Crippen molar-refractivity contribution >= 4 is 11.6 Å². The Morgan fingerprint density at radius 2 is 1.07 bits per heavy atom. The standard InChI is InChI=1S/C26H15IO3/c28-24-21-19-15-10-4-6-12-17(15)20(18-13-7-5-11-16(18)19)22(21)25(29)26(30)23(24)27-14-8-2-1-3-9-14/h1-13,19-20H/p+1. The summed E-state index contributed by atoms with van der Waals surface area (Å²) in [6.07, 6.45) is 0. The highest BCUT2D eigenvalue weighted by molar-refractivity contribution is 6.50. The zero-order valence-electron chi connectivity index (χ0n) is 15.8. The molecular formula is C26H16IO3+. The highest BCUT2D eigenvalue weighted by Gasteiger charge is 2.53. The van der Waals surface area contributed by atoms with Gasteiger partial charge in [-0.1, -0.05) is 66.7 Å². The minimum Gasteiger partial charge on any atom is -0.503 e. The molecule has 30 heavy (non-hydrogen) atoms. The smallest absolute Gasteiger partial charge is 0.366 e. The van der Waals surface area contributed by atoms with E-state index in [1.807, 2.05) is 66.7 Å². The van der Waals surface area contributed by atoms with Gasteiger partial charge >= 0.3 is 21.2 Å². The molecule has 0 heterocycles. The van der Waals surface area contributed by atoms with Gasteiger partial charge in [0.2, 0.25) is 5.78 Å². The number of allylic oxidation sites excluding steroid dienone is 3. The van der Waals surface area contributed by atoms with Gasteiger partial charge in [0, 0.05) is 23.0 Å². The molecule has 0 amide bonds. The molecule has 0 saturated heterocycles. The average molecular weight is 503 g/mol. The Kier molecular flexibility index (Phi) is 3.87. The van der Waals surface area contributed by atoms with E-state index in [1.54, 1.807) is 0 Å². The van der Waals surface area contributed by atoms with Crippen molar-refractivity contribution in [2.24, 2.45) is 0 Å². The maximum atomic E-state index is 13.4. The van der Waals surface area contributed by atoms with E-state index in [0.29, 0.717) is 14.7 Å². The molecule has 0 saturated carbocycles. The molecule has 4 aliphatic carbocycles. The lowest BCUT2D eigenvalue weighted by Crippen LogP contribution is -3.61. The van der Waals surface area contributed by atoms with Gasteiger partial charge in [-0.05, 0) is 34.4 Å². The topological polar surface area (TPSA) is 54.4 Å². The molecule has 0 aromatic heterocycles. The van der Waals surface area contributed by atoms with Gasteiger partial charge in [0.05, 0.1) is 0 Å². The van der Waals surface area contributed by atoms with Crippen molar-refractivity contribution in [1.29, 1.82) is 0 Å². The Hall–Kier alpha value is -2.99. The molecular weight excluding hydrogens is 487 g/mol. The largest absolute Gasteiger partial charge is 0.503 e. The van der Waals surface area contributed by atoms with E-state index in [1.165, 1.54) is 0 Å². The molecule has 0 radical (unpaired) electrons. The maximum absolute atomic E-state index is 13.4. The van der Waals surface area contributed by atoms with Crippen molar-refractivity contribution < 1.29 is 35.9 Å². The summed E-state index contributed by atoms with van der Waals surface area (Å²) in [6.45, 7) is 0. The molecule has 4 heteroatoms. The van der Waals surface area contributed by atoms with Crippen LogP contribution in [0.4, 0.5) is 0 Å². The van der Waals surface area contributed by atoms with Gasteiger partial charge in [0.1, 0.15) is 0 Å². The number of ketones is 2. The number of aliphatic hydroxyl groups is 1. The van der Waals surface area contributed by atoms with E-state index in [9.17, 15) is 14.7 Å². The highest BCUT2D eigenvalue weighted by Crippen LogP contribution is 2.57. The third-order valence-electron chi connectivity index (χ3n) is 6.15. The molecule has 3 aromatic rings. The van der Waals surface area contributed by atoms with Crippen LogP contribution in [0.3, 0.4) is 0 Å². The minimum atomic E-state index is -0.957. The summed E-state index contributed by atoms with van der Waals surface area (Å²) < 4.78 is 1.32. The number of carbonyl (C=O) groups is 2. The fourth-order valence-electron chi connectivity index (χ4n) is 4.98. The van der Waals surface area contributed by atoms with Crippen LogP contribution in [0.15, 0.2) is 99.3 Å². The third-order valence-corrected chi connectivity index (χ3v) is 9.04. The van der Waals surface area contributed by atoms with Crippen LogP contribution in [0, 0.1) is 3.57 Å². The lowest BCUT2D eigenvalue weighted by molar-refractivity contribution is -0.571. The Morgan fingerprint density at radius 3 is 1.60 bits per heavy atom. The number of carbonyl (C=O) groups excluding carboxylic acids is 2. The molecule has 3 nitrogen and oxygen atoms in total. The Bertz CT molecular complexity index is 1270. The fraction of sp³-hybridized carbons (Fsp3) is 0.0769. The van der Waals surface area contributed by atoms with Crippen LogP contribution in [0.5, 0.6) is 0 Å². The van der Waals surface area contributed by atoms with Crippen molar-refractivity contribution in [3.05, 3.63) is 125 Å².